The van der Waals surface area contributed by atoms with Crippen LogP contribution >= 0.6 is 11.3 Å². The Hall–Kier alpha value is -4.32. The average molecular weight is 548 g/mol. The second-order valence-electron chi connectivity index (χ2n) is 8.63. The van der Waals surface area contributed by atoms with Crippen LogP contribution in [0.3, 0.4) is 0 Å². The molecule has 39 heavy (non-hydrogen) atoms. The molecule has 0 spiro atoms. The molecule has 0 unspecified atom stereocenters. The summed E-state index contributed by atoms with van der Waals surface area (Å²) in [6.45, 7) is 3.89. The highest BCUT2D eigenvalue weighted by molar-refractivity contribution is 7.22. The molecule has 0 aliphatic carbocycles. The zero-order valence-corrected chi connectivity index (χ0v) is 22.1. The van der Waals surface area contributed by atoms with Crippen molar-refractivity contribution >= 4 is 39.0 Å². The Bertz CT molecular complexity index is 1580. The fourth-order valence-electron chi connectivity index (χ4n) is 3.79. The first kappa shape index (κ1) is 26.3. The van der Waals surface area contributed by atoms with E-state index in [0.29, 0.717) is 30.3 Å². The van der Waals surface area contributed by atoms with Gasteiger partial charge in [-0.05, 0) is 36.8 Å². The molecule has 4 aromatic heterocycles. The number of fused-ring (bicyclic) bond motifs is 1. The van der Waals surface area contributed by atoms with Crippen molar-refractivity contribution in [2.75, 3.05) is 30.9 Å². The fourth-order valence-corrected chi connectivity index (χ4v) is 4.83. The van der Waals surface area contributed by atoms with Crippen LogP contribution in [0.25, 0.3) is 20.8 Å². The minimum absolute atomic E-state index is 0.0253. The third-order valence-corrected chi connectivity index (χ3v) is 6.82. The lowest BCUT2D eigenvalue weighted by molar-refractivity contribution is 0.199. The maximum Gasteiger partial charge on any atom is 0.323 e. The topological polar surface area (TPSA) is 111 Å². The van der Waals surface area contributed by atoms with Crippen molar-refractivity contribution < 1.29 is 23.1 Å². The summed E-state index contributed by atoms with van der Waals surface area (Å²) in [6.07, 6.45) is 4.88. The number of pyridine rings is 2. The summed E-state index contributed by atoms with van der Waals surface area (Å²) in [5.74, 6) is 0.544. The van der Waals surface area contributed by atoms with E-state index < -0.39 is 11.8 Å². The molecule has 11 heteroatoms. The minimum Gasteiger partial charge on any atom is -0.467 e. The smallest absolute Gasteiger partial charge is 0.323 e. The SMILES string of the molecule is COCCNCc1ccc(-c2cc3nccc(Oc4ccc(NC(=O)Nc5coc(C)c5)cc4F)c3s2)nc1. The van der Waals surface area contributed by atoms with E-state index in [0.717, 1.165) is 32.9 Å². The van der Waals surface area contributed by atoms with E-state index in [1.54, 1.807) is 38.4 Å². The largest absolute Gasteiger partial charge is 0.467 e. The van der Waals surface area contributed by atoms with Crippen molar-refractivity contribution in [1.29, 1.82) is 0 Å². The molecule has 200 valence electrons. The van der Waals surface area contributed by atoms with E-state index in [4.69, 9.17) is 13.9 Å². The van der Waals surface area contributed by atoms with Gasteiger partial charge in [0.15, 0.2) is 11.6 Å². The molecule has 0 aliphatic rings. The van der Waals surface area contributed by atoms with Crippen LogP contribution < -0.4 is 20.7 Å². The molecule has 5 rings (SSSR count). The van der Waals surface area contributed by atoms with Gasteiger partial charge >= 0.3 is 6.03 Å². The minimum atomic E-state index is -0.620. The molecule has 0 saturated carbocycles. The summed E-state index contributed by atoms with van der Waals surface area (Å²) in [5, 5.41) is 8.51. The predicted octanol–water partition coefficient (Wildman–Crippen LogP) is 6.57. The molecule has 2 amide bonds. The number of urea groups is 1. The Balaban J connectivity index is 1.27. The molecule has 5 aromatic rings. The molecule has 0 saturated heterocycles. The van der Waals surface area contributed by atoms with Gasteiger partial charge in [0, 0.05) is 56.5 Å². The number of anilines is 2. The number of methoxy groups -OCH3 is 1. The molecular formula is C28H26FN5O4S. The Morgan fingerprint density at radius 3 is 2.67 bits per heavy atom. The van der Waals surface area contributed by atoms with Crippen LogP contribution in [0.5, 0.6) is 11.5 Å². The summed E-state index contributed by atoms with van der Waals surface area (Å²) in [5.41, 5.74) is 3.39. The highest BCUT2D eigenvalue weighted by atomic mass is 32.1. The number of carbonyl (C=O) groups is 1. The Labute approximate surface area is 228 Å². The van der Waals surface area contributed by atoms with E-state index in [1.807, 2.05) is 24.4 Å². The van der Waals surface area contributed by atoms with E-state index in [1.165, 1.54) is 29.7 Å². The Kier molecular flexibility index (Phi) is 8.11. The summed E-state index contributed by atoms with van der Waals surface area (Å²) >= 11 is 1.47. The van der Waals surface area contributed by atoms with E-state index >= 15 is 0 Å². The van der Waals surface area contributed by atoms with Gasteiger partial charge in [-0.25, -0.2) is 9.18 Å². The van der Waals surface area contributed by atoms with Crippen LogP contribution in [0.15, 0.2) is 71.6 Å². The Morgan fingerprint density at radius 2 is 1.92 bits per heavy atom. The normalized spacial score (nSPS) is 11.1. The number of halogens is 1. The van der Waals surface area contributed by atoms with Gasteiger partial charge in [-0.2, -0.15) is 0 Å². The first-order chi connectivity index (χ1) is 19.0. The lowest BCUT2D eigenvalue weighted by Gasteiger charge is -2.10. The number of nitrogens with one attached hydrogen (secondary N) is 3. The van der Waals surface area contributed by atoms with Gasteiger partial charge in [-0.1, -0.05) is 6.07 Å². The number of carbonyl (C=O) groups excluding carboxylic acids is 1. The number of ether oxygens (including phenoxy) is 2. The van der Waals surface area contributed by atoms with Gasteiger partial charge in [-0.15, -0.1) is 11.3 Å². The lowest BCUT2D eigenvalue weighted by Crippen LogP contribution is -2.19. The van der Waals surface area contributed by atoms with Crippen LogP contribution in [-0.4, -0.2) is 36.3 Å². The number of aromatic nitrogens is 2. The van der Waals surface area contributed by atoms with Crippen LogP contribution in [0.2, 0.25) is 0 Å². The molecular weight excluding hydrogens is 521 g/mol. The highest BCUT2D eigenvalue weighted by Gasteiger charge is 2.14. The number of thiophene rings is 1. The van der Waals surface area contributed by atoms with Gasteiger partial charge in [-0.3, -0.25) is 9.97 Å². The zero-order valence-electron chi connectivity index (χ0n) is 21.3. The molecule has 3 N–H and O–H groups in total. The summed E-state index contributed by atoms with van der Waals surface area (Å²) in [4.78, 5) is 22.2. The Morgan fingerprint density at radius 1 is 1.05 bits per heavy atom. The van der Waals surface area contributed by atoms with E-state index in [9.17, 15) is 9.18 Å². The third-order valence-electron chi connectivity index (χ3n) is 5.66. The monoisotopic (exact) mass is 547 g/mol. The van der Waals surface area contributed by atoms with Crippen molar-refractivity contribution in [2.24, 2.45) is 0 Å². The molecule has 1 aromatic carbocycles. The number of rotatable bonds is 10. The number of aryl methyl sites for hydroxylation is 1. The van der Waals surface area contributed by atoms with Crippen LogP contribution in [0, 0.1) is 12.7 Å². The summed E-state index contributed by atoms with van der Waals surface area (Å²) in [7, 11) is 1.67. The van der Waals surface area contributed by atoms with Crippen molar-refractivity contribution in [3.05, 3.63) is 84.3 Å². The molecule has 4 heterocycles. The van der Waals surface area contributed by atoms with Crippen LogP contribution in [0.1, 0.15) is 11.3 Å². The first-order valence-electron chi connectivity index (χ1n) is 12.1. The van der Waals surface area contributed by atoms with Gasteiger partial charge in [0.05, 0.1) is 33.1 Å². The molecule has 9 nitrogen and oxygen atoms in total. The standard InChI is InChI=1S/C28H26FN5O4S/c1-17-11-20(16-37-17)34-28(35)33-19-4-6-24(21(29)12-19)38-25-7-8-31-23-13-26(39-27(23)25)22-5-3-18(15-32-22)14-30-9-10-36-2/h3-8,11-13,15-16,30H,9-10,14H2,1-2H3,(H2,33,34,35). The van der Waals surface area contributed by atoms with Gasteiger partial charge in [0.25, 0.3) is 0 Å². The number of benzene rings is 1. The van der Waals surface area contributed by atoms with Gasteiger partial charge < -0.3 is 29.8 Å². The molecule has 0 aliphatic heterocycles. The first-order valence-corrected chi connectivity index (χ1v) is 12.9. The van der Waals surface area contributed by atoms with Crippen molar-refractivity contribution in [2.45, 2.75) is 13.5 Å². The maximum absolute atomic E-state index is 14.9. The number of furan rings is 1. The van der Waals surface area contributed by atoms with Gasteiger partial charge in [0.2, 0.25) is 0 Å². The predicted molar refractivity (Wildman–Crippen MR) is 149 cm³/mol. The van der Waals surface area contributed by atoms with Crippen LogP contribution in [-0.2, 0) is 11.3 Å². The van der Waals surface area contributed by atoms with Gasteiger partial charge in [0.1, 0.15) is 17.8 Å². The number of hydrogen-bond donors (Lipinski definition) is 3. The fraction of sp³-hybridized carbons (Fsp3) is 0.179. The second-order valence-corrected chi connectivity index (χ2v) is 9.68. The average Bonchev–Trinajstić information content (AvgIpc) is 3.55. The molecule has 0 atom stereocenters. The third kappa shape index (κ3) is 6.58. The van der Waals surface area contributed by atoms with Crippen LogP contribution in [0.4, 0.5) is 20.6 Å². The molecule has 0 bridgehead atoms. The maximum atomic E-state index is 14.9. The number of amides is 2. The lowest BCUT2D eigenvalue weighted by atomic mass is 10.2. The number of hydrogen-bond acceptors (Lipinski definition) is 8. The quantitative estimate of drug-likeness (QED) is 0.170. The van der Waals surface area contributed by atoms with E-state index in [2.05, 4.69) is 25.9 Å². The van der Waals surface area contributed by atoms with E-state index in [-0.39, 0.29) is 11.4 Å². The summed E-state index contributed by atoms with van der Waals surface area (Å²) < 4.78 is 31.8. The number of nitrogens with zero attached hydrogens (tertiary/aromatic N) is 2. The molecule has 0 radical (unpaired) electrons. The molecule has 0 fully saturated rings. The van der Waals surface area contributed by atoms with Crippen molar-refractivity contribution in [1.82, 2.24) is 15.3 Å². The zero-order chi connectivity index (χ0) is 27.2. The summed E-state index contributed by atoms with van der Waals surface area (Å²) in [6, 6.07) is 13.0. The van der Waals surface area contributed by atoms with Crippen molar-refractivity contribution in [3.63, 3.8) is 0 Å². The highest BCUT2D eigenvalue weighted by Crippen LogP contribution is 2.39. The second kappa shape index (κ2) is 12.0. The van der Waals surface area contributed by atoms with Crippen molar-refractivity contribution in [3.8, 4) is 22.1 Å².